The summed E-state index contributed by atoms with van der Waals surface area (Å²) in [6, 6.07) is 12.0. The molecule has 1 N–H and O–H groups in total. The monoisotopic (exact) mass is 494 g/mol. The van der Waals surface area contributed by atoms with Crippen LogP contribution in [-0.4, -0.2) is 53.0 Å². The van der Waals surface area contributed by atoms with Crippen molar-refractivity contribution >= 4 is 23.2 Å². The fourth-order valence-corrected chi connectivity index (χ4v) is 5.44. The Morgan fingerprint density at radius 1 is 1.20 bits per heavy atom. The Hall–Kier alpha value is -3.17. The highest BCUT2D eigenvalue weighted by molar-refractivity contribution is 7.09. The summed E-state index contributed by atoms with van der Waals surface area (Å²) in [5.74, 6) is 0.764. The van der Waals surface area contributed by atoms with Gasteiger partial charge in [-0.25, -0.2) is 4.98 Å². The number of amides is 2. The highest BCUT2D eigenvalue weighted by Gasteiger charge is 2.32. The third kappa shape index (κ3) is 5.26. The molecule has 35 heavy (non-hydrogen) atoms. The molecule has 3 aromatic rings. The number of methoxy groups -OCH3 is 1. The van der Waals surface area contributed by atoms with Crippen LogP contribution in [-0.2, 0) is 29.1 Å². The molecule has 1 aromatic carbocycles. The van der Waals surface area contributed by atoms with Crippen molar-refractivity contribution in [3.8, 4) is 5.75 Å². The summed E-state index contributed by atoms with van der Waals surface area (Å²) >= 11 is 1.71. The number of fused-ring (bicyclic) bond motifs is 1. The molecule has 8 nitrogen and oxygen atoms in total. The number of likely N-dealkylation sites (tertiary alicyclic amines) is 1. The Kier molecular flexibility index (Phi) is 7.15. The average molecular weight is 495 g/mol. The molecule has 184 valence electrons. The van der Waals surface area contributed by atoms with E-state index >= 15 is 0 Å². The predicted molar refractivity (Wildman–Crippen MR) is 132 cm³/mol. The van der Waals surface area contributed by atoms with Gasteiger partial charge in [0.05, 0.1) is 32.3 Å². The number of nitrogens with zero attached hydrogens (tertiary/aromatic N) is 3. The van der Waals surface area contributed by atoms with Gasteiger partial charge in [0.1, 0.15) is 11.9 Å². The van der Waals surface area contributed by atoms with Crippen LogP contribution >= 0.6 is 11.3 Å². The predicted octanol–water partition coefficient (Wildman–Crippen LogP) is 3.44. The zero-order valence-corrected chi connectivity index (χ0v) is 20.6. The van der Waals surface area contributed by atoms with Gasteiger partial charge in [-0.05, 0) is 48.4 Å². The van der Waals surface area contributed by atoms with Crippen molar-refractivity contribution in [2.75, 3.05) is 26.7 Å². The van der Waals surface area contributed by atoms with Crippen LogP contribution in [0, 0.1) is 5.92 Å². The van der Waals surface area contributed by atoms with Gasteiger partial charge in [-0.1, -0.05) is 18.2 Å². The fraction of sp³-hybridized carbons (Fsp3) is 0.423. The van der Waals surface area contributed by atoms with Crippen molar-refractivity contribution < 1.29 is 19.1 Å². The Balaban J connectivity index is 1.13. The minimum absolute atomic E-state index is 0.0492. The number of ether oxygens (including phenoxy) is 2. The number of hydrogen-bond acceptors (Lipinski definition) is 6. The first-order valence-corrected chi connectivity index (χ1v) is 12.9. The lowest BCUT2D eigenvalue weighted by atomic mass is 9.95. The topological polar surface area (TPSA) is 85.7 Å². The lowest BCUT2D eigenvalue weighted by molar-refractivity contribution is -0.126. The minimum Gasteiger partial charge on any atom is -0.497 e. The summed E-state index contributed by atoms with van der Waals surface area (Å²) in [4.78, 5) is 33.3. The number of carbonyl (C=O) groups is 2. The van der Waals surface area contributed by atoms with E-state index in [1.165, 1.54) is 4.88 Å². The summed E-state index contributed by atoms with van der Waals surface area (Å²) in [5.41, 5.74) is 2.33. The van der Waals surface area contributed by atoms with Crippen molar-refractivity contribution in [1.29, 1.82) is 0 Å². The number of benzene rings is 1. The molecule has 2 aliphatic rings. The van der Waals surface area contributed by atoms with Crippen LogP contribution in [0.2, 0.25) is 0 Å². The second-order valence-electron chi connectivity index (χ2n) is 8.95. The molecule has 5 rings (SSSR count). The van der Waals surface area contributed by atoms with E-state index in [9.17, 15) is 9.59 Å². The number of piperidine rings is 1. The standard InChI is InChI=1S/C26H30N4O4S/c1-33-20-6-4-18(5-7-20)23-15-30-17-28-24(22(30)16-34-23)26(32)29-12-9-19(10-13-29)25(31)27-11-8-21-3-2-14-35-21/h2-7,14,17,19,23H,8-13,15-16H2,1H3,(H,27,31). The smallest absolute Gasteiger partial charge is 0.274 e. The summed E-state index contributed by atoms with van der Waals surface area (Å²) in [6.07, 6.45) is 3.83. The van der Waals surface area contributed by atoms with Crippen LogP contribution in [0.15, 0.2) is 48.1 Å². The number of aromatic nitrogens is 2. The van der Waals surface area contributed by atoms with Gasteiger partial charge in [0.15, 0.2) is 5.69 Å². The normalized spacial score (nSPS) is 18.2. The van der Waals surface area contributed by atoms with Crippen LogP contribution in [0.1, 0.15) is 45.6 Å². The van der Waals surface area contributed by atoms with Crippen LogP contribution in [0.4, 0.5) is 0 Å². The minimum atomic E-state index is -0.0976. The quantitative estimate of drug-likeness (QED) is 0.544. The van der Waals surface area contributed by atoms with Crippen LogP contribution in [0.25, 0.3) is 0 Å². The van der Waals surface area contributed by atoms with Crippen molar-refractivity contribution in [3.63, 3.8) is 0 Å². The highest BCUT2D eigenvalue weighted by atomic mass is 32.1. The molecule has 1 saturated heterocycles. The number of hydrogen-bond donors (Lipinski definition) is 1. The molecule has 0 saturated carbocycles. The van der Waals surface area contributed by atoms with Crippen molar-refractivity contribution in [2.45, 2.75) is 38.5 Å². The van der Waals surface area contributed by atoms with Gasteiger partial charge in [0.25, 0.3) is 5.91 Å². The Bertz CT molecular complexity index is 1150. The molecule has 1 fully saturated rings. The first kappa shape index (κ1) is 23.6. The fourth-order valence-electron chi connectivity index (χ4n) is 4.73. The average Bonchev–Trinajstić information content (AvgIpc) is 3.58. The maximum absolute atomic E-state index is 13.2. The van der Waals surface area contributed by atoms with E-state index < -0.39 is 0 Å². The summed E-state index contributed by atoms with van der Waals surface area (Å²) < 4.78 is 13.3. The number of rotatable bonds is 7. The molecule has 2 amide bonds. The first-order chi connectivity index (χ1) is 17.1. The molecule has 1 atom stereocenters. The van der Waals surface area contributed by atoms with E-state index in [2.05, 4.69) is 16.4 Å². The molecular formula is C26H30N4O4S. The van der Waals surface area contributed by atoms with E-state index in [1.807, 2.05) is 45.2 Å². The Morgan fingerprint density at radius 3 is 2.71 bits per heavy atom. The maximum Gasteiger partial charge on any atom is 0.274 e. The molecule has 0 bridgehead atoms. The maximum atomic E-state index is 13.2. The molecule has 1 unspecified atom stereocenters. The molecule has 2 aliphatic heterocycles. The lowest BCUT2D eigenvalue weighted by Gasteiger charge is -2.31. The van der Waals surface area contributed by atoms with Gasteiger partial charge in [0.2, 0.25) is 5.91 Å². The second-order valence-corrected chi connectivity index (χ2v) is 9.98. The highest BCUT2D eigenvalue weighted by Crippen LogP contribution is 2.30. The van der Waals surface area contributed by atoms with Gasteiger partial charge < -0.3 is 24.3 Å². The van der Waals surface area contributed by atoms with E-state index in [4.69, 9.17) is 9.47 Å². The zero-order valence-electron chi connectivity index (χ0n) is 19.8. The third-order valence-corrected chi connectivity index (χ3v) is 7.76. The zero-order chi connectivity index (χ0) is 24.2. The van der Waals surface area contributed by atoms with Gasteiger partial charge in [0, 0.05) is 30.4 Å². The van der Waals surface area contributed by atoms with E-state index in [0.717, 1.165) is 23.4 Å². The number of thiophene rings is 1. The SMILES string of the molecule is COc1ccc(C2Cn3cnc(C(=O)N4CCC(C(=O)NCCc5cccs5)CC4)c3CO2)cc1. The largest absolute Gasteiger partial charge is 0.497 e. The van der Waals surface area contributed by atoms with Gasteiger partial charge in [-0.15, -0.1) is 11.3 Å². The van der Waals surface area contributed by atoms with Crippen LogP contribution in [0.5, 0.6) is 5.75 Å². The van der Waals surface area contributed by atoms with Crippen molar-refractivity contribution in [1.82, 2.24) is 19.8 Å². The second kappa shape index (κ2) is 10.6. The molecule has 0 spiro atoms. The molecular weight excluding hydrogens is 464 g/mol. The number of nitrogens with one attached hydrogen (secondary N) is 1. The molecule has 9 heteroatoms. The number of carbonyl (C=O) groups excluding carboxylic acids is 2. The van der Waals surface area contributed by atoms with Gasteiger partial charge in [-0.2, -0.15) is 0 Å². The molecule has 0 radical (unpaired) electrons. The van der Waals surface area contributed by atoms with Crippen LogP contribution < -0.4 is 10.1 Å². The van der Waals surface area contributed by atoms with Crippen LogP contribution in [0.3, 0.4) is 0 Å². The van der Waals surface area contributed by atoms with Gasteiger partial charge in [-0.3, -0.25) is 9.59 Å². The van der Waals surface area contributed by atoms with E-state index in [1.54, 1.807) is 24.8 Å². The molecule has 2 aromatic heterocycles. The van der Waals surface area contributed by atoms with Gasteiger partial charge >= 0.3 is 0 Å². The molecule has 4 heterocycles. The third-order valence-electron chi connectivity index (χ3n) is 6.82. The van der Waals surface area contributed by atoms with Crippen molar-refractivity contribution in [3.05, 3.63) is 69.9 Å². The summed E-state index contributed by atoms with van der Waals surface area (Å²) in [5, 5.41) is 5.10. The van der Waals surface area contributed by atoms with E-state index in [-0.39, 0.29) is 23.8 Å². The summed E-state index contributed by atoms with van der Waals surface area (Å²) in [7, 11) is 1.65. The molecule has 0 aliphatic carbocycles. The summed E-state index contributed by atoms with van der Waals surface area (Å²) in [6.45, 7) is 2.71. The first-order valence-electron chi connectivity index (χ1n) is 12.0. The Labute approximate surface area is 208 Å². The Morgan fingerprint density at radius 2 is 2.00 bits per heavy atom. The van der Waals surface area contributed by atoms with E-state index in [0.29, 0.717) is 51.3 Å². The number of imidazole rings is 1. The van der Waals surface area contributed by atoms with Crippen molar-refractivity contribution in [2.24, 2.45) is 5.92 Å². The lowest BCUT2D eigenvalue weighted by Crippen LogP contribution is -2.43.